The van der Waals surface area contributed by atoms with E-state index in [1.54, 1.807) is 12.1 Å². The molecule has 0 unspecified atom stereocenters. The summed E-state index contributed by atoms with van der Waals surface area (Å²) >= 11 is 11.9. The fourth-order valence-corrected chi connectivity index (χ4v) is 3.31. The molecule has 0 radical (unpaired) electrons. The van der Waals surface area contributed by atoms with Gasteiger partial charge in [-0.2, -0.15) is 0 Å². The van der Waals surface area contributed by atoms with Crippen molar-refractivity contribution in [1.29, 1.82) is 0 Å². The lowest BCUT2D eigenvalue weighted by molar-refractivity contribution is -0.384. The van der Waals surface area contributed by atoms with Gasteiger partial charge < -0.3 is 0 Å². The number of fused-ring (bicyclic) bond motifs is 1. The van der Waals surface area contributed by atoms with E-state index < -0.39 is 16.6 Å². The van der Waals surface area contributed by atoms with E-state index in [-0.39, 0.29) is 22.7 Å². The van der Waals surface area contributed by atoms with Crippen molar-refractivity contribution in [3.8, 4) is 22.5 Å². The largest absolute Gasteiger partial charge is 0.293 e. The fraction of sp³-hybridized carbons (Fsp3) is 0.0476. The second kappa shape index (κ2) is 8.81. The second-order valence-corrected chi connectivity index (χ2v) is 7.24. The number of alkyl halides is 1. The predicted octanol–water partition coefficient (Wildman–Crippen LogP) is 5.24. The highest BCUT2D eigenvalue weighted by atomic mass is 35.5. The van der Waals surface area contributed by atoms with E-state index in [1.807, 2.05) is 0 Å². The number of nitrogens with one attached hydrogen (secondary N) is 1. The van der Waals surface area contributed by atoms with Crippen LogP contribution >= 0.6 is 23.2 Å². The quantitative estimate of drug-likeness (QED) is 0.184. The number of hydrogen-bond acceptors (Lipinski definition) is 6. The number of anilines is 1. The van der Waals surface area contributed by atoms with Gasteiger partial charge in [0.1, 0.15) is 16.9 Å². The van der Waals surface area contributed by atoms with E-state index >= 15 is 0 Å². The van der Waals surface area contributed by atoms with Crippen molar-refractivity contribution in [3.63, 3.8) is 0 Å². The summed E-state index contributed by atoms with van der Waals surface area (Å²) in [6.45, 7) is 0. The van der Waals surface area contributed by atoms with Gasteiger partial charge in [-0.25, -0.2) is 19.3 Å². The van der Waals surface area contributed by atoms with Crippen LogP contribution in [0.15, 0.2) is 54.6 Å². The van der Waals surface area contributed by atoms with Crippen molar-refractivity contribution < 1.29 is 14.1 Å². The van der Waals surface area contributed by atoms with Crippen LogP contribution in [0.2, 0.25) is 5.15 Å². The molecule has 1 amide bonds. The third-order valence-corrected chi connectivity index (χ3v) is 5.01. The number of benzene rings is 2. The molecule has 0 bridgehead atoms. The molecule has 2 aromatic heterocycles. The average Bonchev–Trinajstić information content (AvgIpc) is 2.78. The SMILES string of the molecule is O=C(CCl)Nc1nc(-c2ccc([N+](=O)[O-])cc2)cc(-c2cc3cc(F)ccc3nc2Cl)n1. The maximum absolute atomic E-state index is 13.7. The zero-order valence-electron chi connectivity index (χ0n) is 16.1. The van der Waals surface area contributed by atoms with Crippen molar-refractivity contribution in [2.75, 3.05) is 11.2 Å². The summed E-state index contributed by atoms with van der Waals surface area (Å²) in [5, 5.41) is 14.0. The minimum absolute atomic E-state index is 0.0445. The summed E-state index contributed by atoms with van der Waals surface area (Å²) in [6.07, 6.45) is 0. The molecule has 2 aromatic carbocycles. The van der Waals surface area contributed by atoms with Crippen molar-refractivity contribution in [1.82, 2.24) is 15.0 Å². The van der Waals surface area contributed by atoms with E-state index in [4.69, 9.17) is 23.2 Å². The van der Waals surface area contributed by atoms with E-state index in [9.17, 15) is 19.3 Å². The summed E-state index contributed by atoms with van der Waals surface area (Å²) in [5.41, 5.74) is 2.02. The minimum atomic E-state index is -0.525. The Hall–Kier alpha value is -3.69. The molecule has 0 fully saturated rings. The molecule has 11 heteroatoms. The Morgan fingerprint density at radius 3 is 2.44 bits per heavy atom. The molecule has 32 heavy (non-hydrogen) atoms. The summed E-state index contributed by atoms with van der Waals surface area (Å²) in [7, 11) is 0. The standard InChI is InChI=1S/C21H12Cl2FN5O3/c22-10-19(30)28-21-26-17(11-1-4-14(5-2-11)29(31)32)9-18(27-21)15-8-12-7-13(24)3-6-16(12)25-20(15)23/h1-9H,10H2,(H,26,27,28,30). The number of nitrogens with zero attached hydrogens (tertiary/aromatic N) is 4. The Bertz CT molecular complexity index is 1370. The lowest BCUT2D eigenvalue weighted by Crippen LogP contribution is -2.15. The Labute approximate surface area is 190 Å². The van der Waals surface area contributed by atoms with Gasteiger partial charge in [0, 0.05) is 28.6 Å². The molecule has 0 aliphatic heterocycles. The molecule has 8 nitrogen and oxygen atoms in total. The Kier molecular flexibility index (Phi) is 5.93. The maximum Gasteiger partial charge on any atom is 0.269 e. The molecule has 4 rings (SSSR count). The van der Waals surface area contributed by atoms with E-state index in [1.165, 1.54) is 42.5 Å². The smallest absolute Gasteiger partial charge is 0.269 e. The Morgan fingerprint density at radius 1 is 1.03 bits per heavy atom. The molecule has 0 aliphatic rings. The number of halogens is 3. The van der Waals surface area contributed by atoms with Crippen molar-refractivity contribution in [2.45, 2.75) is 0 Å². The zero-order valence-corrected chi connectivity index (χ0v) is 17.6. The monoisotopic (exact) mass is 471 g/mol. The first-order valence-electron chi connectivity index (χ1n) is 9.10. The molecular weight excluding hydrogens is 460 g/mol. The number of rotatable bonds is 5. The Balaban J connectivity index is 1.87. The Morgan fingerprint density at radius 2 is 1.75 bits per heavy atom. The van der Waals surface area contributed by atoms with Crippen LogP contribution in [0.5, 0.6) is 0 Å². The molecule has 0 spiro atoms. The van der Waals surface area contributed by atoms with Crippen LogP contribution in [0.1, 0.15) is 0 Å². The maximum atomic E-state index is 13.7. The van der Waals surface area contributed by atoms with Gasteiger partial charge in [0.2, 0.25) is 11.9 Å². The molecule has 0 saturated heterocycles. The lowest BCUT2D eigenvalue weighted by Gasteiger charge is -2.11. The molecular formula is C21H12Cl2FN5O3. The zero-order chi connectivity index (χ0) is 22.8. The number of pyridine rings is 1. The van der Waals surface area contributed by atoms with Crippen LogP contribution in [-0.2, 0) is 4.79 Å². The summed E-state index contributed by atoms with van der Waals surface area (Å²) in [6, 6.07) is 13.0. The van der Waals surface area contributed by atoms with Gasteiger partial charge in [-0.15, -0.1) is 11.6 Å². The molecule has 1 N–H and O–H groups in total. The van der Waals surface area contributed by atoms with Gasteiger partial charge in [0.15, 0.2) is 0 Å². The second-order valence-electron chi connectivity index (χ2n) is 6.61. The van der Waals surface area contributed by atoms with Crippen LogP contribution in [0, 0.1) is 15.9 Å². The van der Waals surface area contributed by atoms with E-state index in [0.29, 0.717) is 33.4 Å². The third kappa shape index (κ3) is 4.48. The van der Waals surface area contributed by atoms with Gasteiger partial charge in [0.05, 0.1) is 21.8 Å². The molecule has 2 heterocycles. The minimum Gasteiger partial charge on any atom is -0.293 e. The van der Waals surface area contributed by atoms with Gasteiger partial charge in [-0.3, -0.25) is 20.2 Å². The highest BCUT2D eigenvalue weighted by Crippen LogP contribution is 2.32. The van der Waals surface area contributed by atoms with Crippen LogP contribution in [-0.4, -0.2) is 31.7 Å². The first kappa shape index (κ1) is 21.5. The third-order valence-electron chi connectivity index (χ3n) is 4.48. The number of carbonyl (C=O) groups is 1. The first-order valence-corrected chi connectivity index (χ1v) is 10.0. The van der Waals surface area contributed by atoms with E-state index in [2.05, 4.69) is 20.3 Å². The average molecular weight is 472 g/mol. The molecule has 0 atom stereocenters. The molecule has 0 aliphatic carbocycles. The van der Waals surface area contributed by atoms with Gasteiger partial charge >= 0.3 is 0 Å². The highest BCUT2D eigenvalue weighted by Gasteiger charge is 2.15. The first-order chi connectivity index (χ1) is 15.3. The number of non-ortho nitro benzene ring substituents is 1. The summed E-state index contributed by atoms with van der Waals surface area (Å²) < 4.78 is 13.7. The number of nitro groups is 1. The fourth-order valence-electron chi connectivity index (χ4n) is 3.00. The van der Waals surface area contributed by atoms with Crippen molar-refractivity contribution in [3.05, 3.63) is 75.7 Å². The van der Waals surface area contributed by atoms with Crippen LogP contribution in [0.25, 0.3) is 33.4 Å². The number of aromatic nitrogens is 3. The molecule has 4 aromatic rings. The van der Waals surface area contributed by atoms with Crippen LogP contribution in [0.3, 0.4) is 0 Å². The normalized spacial score (nSPS) is 10.8. The highest BCUT2D eigenvalue weighted by molar-refractivity contribution is 6.32. The number of hydrogen-bond donors (Lipinski definition) is 1. The van der Waals surface area contributed by atoms with Gasteiger partial charge in [-0.1, -0.05) is 11.6 Å². The summed E-state index contributed by atoms with van der Waals surface area (Å²) in [4.78, 5) is 35.1. The van der Waals surface area contributed by atoms with Crippen molar-refractivity contribution >= 4 is 51.6 Å². The van der Waals surface area contributed by atoms with Gasteiger partial charge in [0.25, 0.3) is 5.69 Å². The van der Waals surface area contributed by atoms with Crippen LogP contribution < -0.4 is 5.32 Å². The predicted molar refractivity (Wildman–Crippen MR) is 119 cm³/mol. The van der Waals surface area contributed by atoms with Crippen molar-refractivity contribution in [2.24, 2.45) is 0 Å². The lowest BCUT2D eigenvalue weighted by atomic mass is 10.1. The number of nitro benzene ring substituents is 1. The van der Waals surface area contributed by atoms with Gasteiger partial charge in [-0.05, 0) is 42.5 Å². The number of carbonyl (C=O) groups excluding carboxylic acids is 1. The summed E-state index contributed by atoms with van der Waals surface area (Å²) in [5.74, 6) is -1.31. The van der Waals surface area contributed by atoms with E-state index in [0.717, 1.165) is 0 Å². The topological polar surface area (TPSA) is 111 Å². The number of amides is 1. The van der Waals surface area contributed by atoms with Crippen LogP contribution in [0.4, 0.5) is 16.0 Å². The molecule has 160 valence electrons. The molecule has 0 saturated carbocycles.